The van der Waals surface area contributed by atoms with Crippen LogP contribution in [0.3, 0.4) is 0 Å². The number of benzene rings is 2. The Balaban J connectivity index is 1.55. The zero-order chi connectivity index (χ0) is 27.1. The lowest BCUT2D eigenvalue weighted by atomic mass is 10.1. The molecule has 4 rings (SSSR count). The van der Waals surface area contributed by atoms with Gasteiger partial charge in [0.25, 0.3) is 5.91 Å². The van der Waals surface area contributed by atoms with Gasteiger partial charge in [0.1, 0.15) is 18.9 Å². The Morgan fingerprint density at radius 2 is 1.82 bits per heavy atom. The molecule has 0 radical (unpaired) electrons. The number of ether oxygens (including phenoxy) is 2. The summed E-state index contributed by atoms with van der Waals surface area (Å²) in [6.07, 6.45) is 1.18. The van der Waals surface area contributed by atoms with Gasteiger partial charge >= 0.3 is 0 Å². The fourth-order valence-corrected chi connectivity index (χ4v) is 4.59. The van der Waals surface area contributed by atoms with E-state index in [1.165, 1.54) is 4.90 Å². The summed E-state index contributed by atoms with van der Waals surface area (Å²) >= 11 is 0. The van der Waals surface area contributed by atoms with E-state index in [2.05, 4.69) is 4.98 Å². The third-order valence-corrected chi connectivity index (χ3v) is 6.76. The Morgan fingerprint density at radius 1 is 1.05 bits per heavy atom. The third-order valence-electron chi connectivity index (χ3n) is 6.76. The molecule has 1 saturated heterocycles. The molecule has 1 unspecified atom stereocenters. The Labute approximate surface area is 222 Å². The number of hydrogen-bond donors (Lipinski definition) is 0. The molecule has 1 aliphatic rings. The highest BCUT2D eigenvalue weighted by atomic mass is 16.5. The summed E-state index contributed by atoms with van der Waals surface area (Å²) in [6, 6.07) is 16.5. The maximum atomic E-state index is 13.6. The molecule has 1 atom stereocenters. The Bertz CT molecular complexity index is 1280. The molecule has 3 amide bonds. The maximum Gasteiger partial charge on any atom is 0.254 e. The summed E-state index contributed by atoms with van der Waals surface area (Å²) < 4.78 is 11.3. The average molecular weight is 519 g/mol. The van der Waals surface area contributed by atoms with Crippen LogP contribution >= 0.6 is 0 Å². The van der Waals surface area contributed by atoms with Crippen molar-refractivity contribution >= 4 is 28.6 Å². The van der Waals surface area contributed by atoms with E-state index in [1.807, 2.05) is 50.2 Å². The van der Waals surface area contributed by atoms with Gasteiger partial charge in [0.15, 0.2) is 0 Å². The smallest absolute Gasteiger partial charge is 0.254 e. The molecular formula is C29H34N4O5. The number of carbonyl (C=O) groups excluding carboxylic acids is 3. The van der Waals surface area contributed by atoms with Crippen molar-refractivity contribution in [2.75, 3.05) is 46.4 Å². The van der Waals surface area contributed by atoms with Crippen molar-refractivity contribution in [1.82, 2.24) is 19.7 Å². The van der Waals surface area contributed by atoms with Gasteiger partial charge in [0, 0.05) is 49.9 Å². The predicted octanol–water partition coefficient (Wildman–Crippen LogP) is 2.98. The van der Waals surface area contributed by atoms with Crippen LogP contribution in [0.2, 0.25) is 0 Å². The third kappa shape index (κ3) is 6.47. The van der Waals surface area contributed by atoms with Crippen LogP contribution in [-0.2, 0) is 20.9 Å². The van der Waals surface area contributed by atoms with Gasteiger partial charge in [-0.15, -0.1) is 0 Å². The SMILES string of the molecule is CCN(CC)C(=O)COC1CN(Cc2ccc(OC)cc2)C(=O)CN(C(=O)c2ccc3ncccc3c2)C1. The normalized spacial score (nSPS) is 15.9. The largest absolute Gasteiger partial charge is 0.497 e. The summed E-state index contributed by atoms with van der Waals surface area (Å²) in [5, 5.41) is 0.846. The molecule has 38 heavy (non-hydrogen) atoms. The van der Waals surface area contributed by atoms with Crippen LogP contribution in [0.25, 0.3) is 10.9 Å². The standard InChI is InChI=1S/C29H34N4O5/c1-4-31(5-2)28(35)20-38-25-17-32(16-21-8-11-24(37-3)12-9-21)27(34)19-33(18-25)29(36)23-10-13-26-22(15-23)7-6-14-30-26/h6-15,25H,4-5,16-20H2,1-3H3. The minimum atomic E-state index is -0.523. The van der Waals surface area contributed by atoms with Gasteiger partial charge in [-0.05, 0) is 55.8 Å². The highest BCUT2D eigenvalue weighted by Gasteiger charge is 2.32. The monoisotopic (exact) mass is 518 g/mol. The summed E-state index contributed by atoms with van der Waals surface area (Å²) in [6.45, 7) is 5.65. The molecule has 0 spiro atoms. The molecule has 9 nitrogen and oxygen atoms in total. The number of methoxy groups -OCH3 is 1. The molecule has 0 bridgehead atoms. The van der Waals surface area contributed by atoms with E-state index in [0.29, 0.717) is 25.2 Å². The molecule has 2 aromatic carbocycles. The fourth-order valence-electron chi connectivity index (χ4n) is 4.59. The van der Waals surface area contributed by atoms with Crippen molar-refractivity contribution in [2.45, 2.75) is 26.5 Å². The lowest BCUT2D eigenvalue weighted by Crippen LogP contribution is -2.41. The molecular weight excluding hydrogens is 484 g/mol. The van der Waals surface area contributed by atoms with Crippen LogP contribution in [0, 0.1) is 0 Å². The maximum absolute atomic E-state index is 13.6. The molecule has 1 fully saturated rings. The molecule has 0 saturated carbocycles. The molecule has 1 aromatic heterocycles. The first-order chi connectivity index (χ1) is 18.4. The number of fused-ring (bicyclic) bond motifs is 1. The first kappa shape index (κ1) is 27.1. The Kier molecular flexibility index (Phi) is 8.91. The minimum Gasteiger partial charge on any atom is -0.497 e. The van der Waals surface area contributed by atoms with Gasteiger partial charge in [-0.3, -0.25) is 19.4 Å². The highest BCUT2D eigenvalue weighted by molar-refractivity contribution is 5.99. The number of aromatic nitrogens is 1. The number of likely N-dealkylation sites (N-methyl/N-ethyl adjacent to an activating group) is 1. The molecule has 2 heterocycles. The van der Waals surface area contributed by atoms with E-state index in [-0.39, 0.29) is 44.0 Å². The number of rotatable bonds is 9. The van der Waals surface area contributed by atoms with Crippen molar-refractivity contribution in [3.05, 3.63) is 71.9 Å². The molecule has 200 valence electrons. The van der Waals surface area contributed by atoms with Gasteiger partial charge in [0.05, 0.1) is 18.7 Å². The highest BCUT2D eigenvalue weighted by Crippen LogP contribution is 2.19. The van der Waals surface area contributed by atoms with Gasteiger partial charge in [-0.1, -0.05) is 18.2 Å². The fraction of sp³-hybridized carbons (Fsp3) is 0.379. The second-order valence-electron chi connectivity index (χ2n) is 9.22. The van der Waals surface area contributed by atoms with Gasteiger partial charge in [-0.25, -0.2) is 0 Å². The van der Waals surface area contributed by atoms with Gasteiger partial charge in [0.2, 0.25) is 11.8 Å². The van der Waals surface area contributed by atoms with Crippen molar-refractivity contribution in [2.24, 2.45) is 0 Å². The topological polar surface area (TPSA) is 92.3 Å². The van der Waals surface area contributed by atoms with Crippen LogP contribution in [0.1, 0.15) is 29.8 Å². The number of amides is 3. The van der Waals surface area contributed by atoms with Crippen LogP contribution in [-0.4, -0.2) is 89.9 Å². The molecule has 0 N–H and O–H groups in total. The van der Waals surface area contributed by atoms with Crippen LogP contribution < -0.4 is 4.74 Å². The van der Waals surface area contributed by atoms with Crippen LogP contribution in [0.4, 0.5) is 0 Å². The quantitative estimate of drug-likeness (QED) is 0.433. The number of hydrogen-bond acceptors (Lipinski definition) is 6. The van der Waals surface area contributed by atoms with E-state index >= 15 is 0 Å². The zero-order valence-electron chi connectivity index (χ0n) is 22.1. The first-order valence-electron chi connectivity index (χ1n) is 12.9. The van der Waals surface area contributed by atoms with E-state index in [1.54, 1.807) is 41.3 Å². The van der Waals surface area contributed by atoms with Crippen LogP contribution in [0.5, 0.6) is 5.75 Å². The van der Waals surface area contributed by atoms with Crippen molar-refractivity contribution in [3.8, 4) is 5.75 Å². The van der Waals surface area contributed by atoms with Crippen molar-refractivity contribution in [1.29, 1.82) is 0 Å². The zero-order valence-corrected chi connectivity index (χ0v) is 22.1. The minimum absolute atomic E-state index is 0.0794. The first-order valence-corrected chi connectivity index (χ1v) is 12.9. The van der Waals surface area contributed by atoms with Crippen molar-refractivity contribution < 1.29 is 23.9 Å². The number of pyridine rings is 1. The summed E-state index contributed by atoms with van der Waals surface area (Å²) in [5.74, 6) is 0.165. The summed E-state index contributed by atoms with van der Waals surface area (Å²) in [5.41, 5.74) is 2.19. The van der Waals surface area contributed by atoms with E-state index in [4.69, 9.17) is 9.47 Å². The molecule has 9 heteroatoms. The van der Waals surface area contributed by atoms with E-state index < -0.39 is 6.10 Å². The Morgan fingerprint density at radius 3 is 2.53 bits per heavy atom. The van der Waals surface area contributed by atoms with E-state index in [9.17, 15) is 14.4 Å². The van der Waals surface area contributed by atoms with Gasteiger partial charge < -0.3 is 24.2 Å². The molecule has 1 aliphatic heterocycles. The average Bonchev–Trinajstić information content (AvgIpc) is 3.10. The predicted molar refractivity (Wildman–Crippen MR) is 144 cm³/mol. The number of nitrogens with zero attached hydrogens (tertiary/aromatic N) is 4. The molecule has 3 aromatic rings. The second-order valence-corrected chi connectivity index (χ2v) is 9.22. The lowest BCUT2D eigenvalue weighted by Gasteiger charge is -2.26. The summed E-state index contributed by atoms with van der Waals surface area (Å²) in [7, 11) is 1.60. The van der Waals surface area contributed by atoms with Gasteiger partial charge in [-0.2, -0.15) is 0 Å². The Hall–Kier alpha value is -3.98. The number of carbonyl (C=O) groups is 3. The molecule has 0 aliphatic carbocycles. The van der Waals surface area contributed by atoms with Crippen LogP contribution in [0.15, 0.2) is 60.8 Å². The lowest BCUT2D eigenvalue weighted by molar-refractivity contribution is -0.138. The second kappa shape index (κ2) is 12.5. The summed E-state index contributed by atoms with van der Waals surface area (Å²) in [4.78, 5) is 48.7. The van der Waals surface area contributed by atoms with E-state index in [0.717, 1.165) is 22.2 Å². The van der Waals surface area contributed by atoms with Crippen molar-refractivity contribution in [3.63, 3.8) is 0 Å².